The fourth-order valence-corrected chi connectivity index (χ4v) is 2.82. The summed E-state index contributed by atoms with van der Waals surface area (Å²) in [6.45, 7) is 3.33. The number of amides is 2. The summed E-state index contributed by atoms with van der Waals surface area (Å²) in [5.41, 5.74) is 3.35. The van der Waals surface area contributed by atoms with Crippen LogP contribution in [-0.4, -0.2) is 61.1 Å². The second kappa shape index (κ2) is 11.0. The number of nitrogens with one attached hydrogen (secondary N) is 2. The van der Waals surface area contributed by atoms with Crippen LogP contribution in [0.1, 0.15) is 21.5 Å². The third kappa shape index (κ3) is 6.31. The van der Waals surface area contributed by atoms with Crippen LogP contribution < -0.4 is 10.6 Å². The second-order valence-corrected chi connectivity index (χ2v) is 6.84. The minimum Gasteiger partial charge on any atom is -0.452 e. The van der Waals surface area contributed by atoms with Gasteiger partial charge in [-0.3, -0.25) is 9.59 Å². The summed E-state index contributed by atoms with van der Waals surface area (Å²) in [5.74, 6) is -1.51. The van der Waals surface area contributed by atoms with Crippen LogP contribution >= 0.6 is 0 Å². The van der Waals surface area contributed by atoms with Gasteiger partial charge in [0.1, 0.15) is 0 Å². The molecule has 0 atom stereocenters. The van der Waals surface area contributed by atoms with Crippen molar-refractivity contribution in [1.82, 2.24) is 4.90 Å². The first kappa shape index (κ1) is 22.9. The van der Waals surface area contributed by atoms with Crippen LogP contribution in [0.5, 0.6) is 0 Å². The number of anilines is 2. The van der Waals surface area contributed by atoms with Gasteiger partial charge in [-0.25, -0.2) is 4.79 Å². The number of aliphatic hydroxyl groups is 1. The van der Waals surface area contributed by atoms with Gasteiger partial charge in [-0.1, -0.05) is 30.3 Å². The number of carbonyl (C=O) groups is 3. The lowest BCUT2D eigenvalue weighted by Crippen LogP contribution is -2.37. The SMILES string of the molecule is Cc1cccc(C)c1NC(=O)CN(C)C(=O)COC(=O)c1ccccc1NCCO. The Hall–Kier alpha value is -3.39. The second-order valence-electron chi connectivity index (χ2n) is 6.84. The van der Waals surface area contributed by atoms with Gasteiger partial charge in [0.25, 0.3) is 5.91 Å². The molecule has 2 amide bonds. The van der Waals surface area contributed by atoms with Gasteiger partial charge in [0.05, 0.1) is 18.7 Å². The summed E-state index contributed by atoms with van der Waals surface area (Å²) in [6, 6.07) is 12.3. The summed E-state index contributed by atoms with van der Waals surface area (Å²) < 4.78 is 5.11. The van der Waals surface area contributed by atoms with Crippen molar-refractivity contribution in [2.45, 2.75) is 13.8 Å². The van der Waals surface area contributed by atoms with E-state index in [4.69, 9.17) is 9.84 Å². The topological polar surface area (TPSA) is 108 Å². The van der Waals surface area contributed by atoms with E-state index in [-0.39, 0.29) is 31.2 Å². The first-order valence-electron chi connectivity index (χ1n) is 9.54. The van der Waals surface area contributed by atoms with Crippen molar-refractivity contribution < 1.29 is 24.2 Å². The summed E-state index contributed by atoms with van der Waals surface area (Å²) in [7, 11) is 1.47. The number of para-hydroxylation sites is 2. The van der Waals surface area contributed by atoms with E-state index in [2.05, 4.69) is 10.6 Å². The molecule has 160 valence electrons. The standard InChI is InChI=1S/C22H27N3O5/c1-15-7-6-8-16(2)21(15)24-19(27)13-25(3)20(28)14-30-22(29)17-9-4-5-10-18(17)23-11-12-26/h4-10,23,26H,11-14H2,1-3H3,(H,24,27). The molecule has 0 spiro atoms. The Balaban J connectivity index is 1.89. The van der Waals surface area contributed by atoms with Gasteiger partial charge >= 0.3 is 5.97 Å². The molecule has 0 aliphatic rings. The highest BCUT2D eigenvalue weighted by atomic mass is 16.5. The monoisotopic (exact) mass is 413 g/mol. The third-order valence-electron chi connectivity index (χ3n) is 4.45. The molecule has 0 saturated heterocycles. The van der Waals surface area contributed by atoms with E-state index in [1.807, 2.05) is 32.0 Å². The number of nitrogens with zero attached hydrogens (tertiary/aromatic N) is 1. The number of rotatable bonds is 9. The summed E-state index contributed by atoms with van der Waals surface area (Å²) >= 11 is 0. The molecule has 0 heterocycles. The molecule has 2 rings (SSSR count). The van der Waals surface area contributed by atoms with Crippen molar-refractivity contribution in [3.05, 3.63) is 59.2 Å². The quantitative estimate of drug-likeness (QED) is 0.543. The largest absolute Gasteiger partial charge is 0.452 e. The van der Waals surface area contributed by atoms with E-state index in [0.717, 1.165) is 16.8 Å². The van der Waals surface area contributed by atoms with Gasteiger partial charge in [0.15, 0.2) is 6.61 Å². The van der Waals surface area contributed by atoms with Crippen LogP contribution in [0, 0.1) is 13.8 Å². The smallest absolute Gasteiger partial charge is 0.340 e. The van der Waals surface area contributed by atoms with Crippen molar-refractivity contribution in [3.8, 4) is 0 Å². The van der Waals surface area contributed by atoms with Crippen LogP contribution in [-0.2, 0) is 14.3 Å². The fourth-order valence-electron chi connectivity index (χ4n) is 2.82. The van der Waals surface area contributed by atoms with Crippen LogP contribution in [0.4, 0.5) is 11.4 Å². The average Bonchev–Trinajstić information content (AvgIpc) is 2.73. The Morgan fingerprint density at radius 3 is 2.37 bits per heavy atom. The Morgan fingerprint density at radius 2 is 1.70 bits per heavy atom. The highest BCUT2D eigenvalue weighted by Gasteiger charge is 2.18. The molecule has 0 fully saturated rings. The van der Waals surface area contributed by atoms with E-state index in [0.29, 0.717) is 5.69 Å². The Morgan fingerprint density at radius 1 is 1.03 bits per heavy atom. The molecule has 0 unspecified atom stereocenters. The number of esters is 1. The predicted octanol–water partition coefficient (Wildman–Crippen LogP) is 1.96. The maximum absolute atomic E-state index is 12.3. The number of aliphatic hydroxyl groups excluding tert-OH is 1. The molecule has 0 radical (unpaired) electrons. The molecule has 30 heavy (non-hydrogen) atoms. The van der Waals surface area contributed by atoms with Crippen LogP contribution in [0.25, 0.3) is 0 Å². The first-order valence-corrected chi connectivity index (χ1v) is 9.54. The zero-order valence-corrected chi connectivity index (χ0v) is 17.4. The summed E-state index contributed by atoms with van der Waals surface area (Å²) in [4.78, 5) is 38.1. The molecule has 2 aromatic rings. The normalized spacial score (nSPS) is 10.3. The Bertz CT molecular complexity index is 893. The molecular weight excluding hydrogens is 386 g/mol. The zero-order chi connectivity index (χ0) is 22.1. The average molecular weight is 413 g/mol. The Kier molecular flexibility index (Phi) is 8.37. The lowest BCUT2D eigenvalue weighted by molar-refractivity contribution is -0.136. The van der Waals surface area contributed by atoms with Crippen LogP contribution in [0.2, 0.25) is 0 Å². The molecule has 0 saturated carbocycles. The highest BCUT2D eigenvalue weighted by molar-refractivity contribution is 5.98. The molecule has 2 aromatic carbocycles. The highest BCUT2D eigenvalue weighted by Crippen LogP contribution is 2.19. The maximum Gasteiger partial charge on any atom is 0.340 e. The number of hydrogen-bond donors (Lipinski definition) is 3. The number of carbonyl (C=O) groups excluding carboxylic acids is 3. The van der Waals surface area contributed by atoms with Crippen molar-refractivity contribution in [2.24, 2.45) is 0 Å². The molecule has 0 bridgehead atoms. The van der Waals surface area contributed by atoms with E-state index >= 15 is 0 Å². The van der Waals surface area contributed by atoms with E-state index in [1.54, 1.807) is 24.3 Å². The van der Waals surface area contributed by atoms with Crippen molar-refractivity contribution in [1.29, 1.82) is 0 Å². The molecule has 8 heteroatoms. The first-order chi connectivity index (χ1) is 14.3. The number of hydrogen-bond acceptors (Lipinski definition) is 6. The van der Waals surface area contributed by atoms with Gasteiger partial charge in [-0.05, 0) is 37.1 Å². The van der Waals surface area contributed by atoms with Gasteiger partial charge in [0, 0.05) is 25.0 Å². The summed E-state index contributed by atoms with van der Waals surface area (Å²) in [5, 5.41) is 14.7. The molecular formula is C22H27N3O5. The van der Waals surface area contributed by atoms with Crippen molar-refractivity contribution >= 4 is 29.2 Å². The van der Waals surface area contributed by atoms with E-state index < -0.39 is 18.5 Å². The van der Waals surface area contributed by atoms with Gasteiger partial charge in [0.2, 0.25) is 5.91 Å². The summed E-state index contributed by atoms with van der Waals surface area (Å²) in [6.07, 6.45) is 0. The van der Waals surface area contributed by atoms with Gasteiger partial charge in [-0.2, -0.15) is 0 Å². The third-order valence-corrected chi connectivity index (χ3v) is 4.45. The fraction of sp³-hybridized carbons (Fsp3) is 0.318. The zero-order valence-electron chi connectivity index (χ0n) is 17.4. The van der Waals surface area contributed by atoms with Gasteiger partial charge < -0.3 is 25.4 Å². The number of aryl methyl sites for hydroxylation is 2. The molecule has 3 N–H and O–H groups in total. The molecule has 8 nitrogen and oxygen atoms in total. The maximum atomic E-state index is 12.3. The molecule has 0 aliphatic heterocycles. The van der Waals surface area contributed by atoms with Crippen molar-refractivity contribution in [2.75, 3.05) is 44.0 Å². The Labute approximate surface area is 175 Å². The molecule has 0 aromatic heterocycles. The predicted molar refractivity (Wildman–Crippen MR) is 114 cm³/mol. The van der Waals surface area contributed by atoms with Crippen LogP contribution in [0.15, 0.2) is 42.5 Å². The number of ether oxygens (including phenoxy) is 1. The number of likely N-dealkylation sites (N-methyl/N-ethyl adjacent to an activating group) is 1. The van der Waals surface area contributed by atoms with Crippen LogP contribution in [0.3, 0.4) is 0 Å². The van der Waals surface area contributed by atoms with Gasteiger partial charge in [-0.15, -0.1) is 0 Å². The van der Waals surface area contributed by atoms with E-state index in [1.165, 1.54) is 11.9 Å². The number of benzene rings is 2. The van der Waals surface area contributed by atoms with E-state index in [9.17, 15) is 14.4 Å². The van der Waals surface area contributed by atoms with Crippen molar-refractivity contribution in [3.63, 3.8) is 0 Å². The minimum absolute atomic E-state index is 0.0866. The lowest BCUT2D eigenvalue weighted by atomic mass is 10.1. The lowest BCUT2D eigenvalue weighted by Gasteiger charge is -2.18. The molecule has 0 aliphatic carbocycles. The minimum atomic E-state index is -0.669.